The number of carbonyl (C=O) groups is 5. The molecule has 0 saturated heterocycles. The molecule has 0 radical (unpaired) electrons. The van der Waals surface area contributed by atoms with Gasteiger partial charge in [0.1, 0.15) is 29.0 Å². The molecule has 360 valence electrons. The number of carboxylic acids is 1. The number of hydrogen-bond donors (Lipinski definition) is 2. The fourth-order valence-corrected chi connectivity index (χ4v) is 7.21. The summed E-state index contributed by atoms with van der Waals surface area (Å²) >= 11 is 9.54. The van der Waals surface area contributed by atoms with Crippen LogP contribution in [0.2, 0.25) is 0 Å². The molecule has 4 fully saturated rings. The smallest absolute Gasteiger partial charge is 0.870 e. The first-order valence-corrected chi connectivity index (χ1v) is 36.3. The van der Waals surface area contributed by atoms with Crippen LogP contribution in [0.4, 0.5) is 0 Å². The van der Waals surface area contributed by atoms with E-state index < -0.39 is 36.8 Å². The fourth-order valence-electron chi connectivity index (χ4n) is 6.16. The standard InChI is InChI=1S/C16H21NO3S.C8H12O2.C8H14O.C7H12O2.CH3I.CH4O.2CH4.BH4.3HI.Li.Na.H2O.V/c1-12-3-9-16(10-4-12)21(19,20)11-17-15-7-5-14(6-8-15)13(2)18;1-6(9)7-2-4-8(10)5-3-7;1-7(9)8-5-3-2-4-6-8;8-7(9)6-4-2-1-3-5-6;2*1-2;;;;;;;;;;/h3-4,9-10,14H,5-8,11H2,1-2H3;7H,2-5H2,1H3;8H,2-6H2,1H3;6H,1-5H2,(H,8,9);1H3;2H,1H3;3*1H4;3*1H;;;1H2;/q;;;;;;;;-1;;;;2*+1;;+3/p-4/i;;2D2;1D2;;2D;;;1D4;;;;;;;. The first-order chi connectivity index (χ1) is 30.7. The van der Waals surface area contributed by atoms with E-state index in [0.29, 0.717) is 62.0 Å². The normalized spacial score (nSPS) is 20.6. The average molecular weight is 1410 g/mol. The van der Waals surface area contributed by atoms with Crippen molar-refractivity contribution in [2.24, 2.45) is 28.7 Å². The van der Waals surface area contributed by atoms with Gasteiger partial charge in [-0.1, -0.05) is 102 Å². The Hall–Kier alpha value is 2.08. The number of alkyl halides is 1. The predicted molar refractivity (Wildman–Crippen MR) is 289 cm³/mol. The molecule has 0 bridgehead atoms. The molecular weight excluding hydrogens is 1320 g/mol. The van der Waals surface area contributed by atoms with Crippen LogP contribution in [0.25, 0.3) is 0 Å². The maximum Gasteiger partial charge on any atom is 1.00 e. The molecule has 0 atom stereocenters. The van der Waals surface area contributed by atoms with E-state index in [0.717, 1.165) is 62.6 Å². The molecule has 11 nitrogen and oxygen atoms in total. The van der Waals surface area contributed by atoms with Crippen molar-refractivity contribution in [2.45, 2.75) is 163 Å². The number of rotatable bonds is 7. The average Bonchev–Trinajstić information content (AvgIpc) is 3.21. The van der Waals surface area contributed by atoms with Crippen LogP contribution in [0.1, 0.15) is 162 Å². The molecule has 5 rings (SSSR count). The first kappa shape index (κ1) is 61.2. The Morgan fingerprint density at radius 3 is 1.40 bits per heavy atom. The summed E-state index contributed by atoms with van der Waals surface area (Å²) in [4.78, 5) is 60.4. The minimum absolute atomic E-state index is 0. The van der Waals surface area contributed by atoms with Crippen molar-refractivity contribution in [3.63, 3.8) is 0 Å². The first-order valence-electron chi connectivity index (χ1n) is 23.7. The zero-order chi connectivity index (χ0) is 52.8. The van der Waals surface area contributed by atoms with Crippen LogP contribution in [0.15, 0.2) is 34.2 Å². The molecule has 63 heavy (non-hydrogen) atoms. The van der Waals surface area contributed by atoms with Crippen LogP contribution >= 0.6 is 82.5 Å². The molecule has 3 N–H and O–H groups in total. The van der Waals surface area contributed by atoms with Crippen LogP contribution < -0.4 is 48.4 Å². The number of hydrogen-bond acceptors (Lipinski definition) is 10. The third-order valence-corrected chi connectivity index (χ3v) is 11.2. The quantitative estimate of drug-likeness (QED) is 0.211. The largest absolute Gasteiger partial charge is 1.00 e. The second kappa shape index (κ2) is 50.5. The summed E-state index contributed by atoms with van der Waals surface area (Å²) in [5, 5.41) is 12.1. The number of ketones is 4. The van der Waals surface area contributed by atoms with E-state index >= 15 is 0 Å². The fraction of sp³-hybridized carbons (Fsp3) is 0.721. The summed E-state index contributed by atoms with van der Waals surface area (Å²) in [7, 11) is -5.07. The van der Waals surface area contributed by atoms with Crippen molar-refractivity contribution in [3.05, 3.63) is 29.8 Å². The van der Waals surface area contributed by atoms with Gasteiger partial charge in [-0.2, -0.15) is 0 Å². The second-order valence-electron chi connectivity index (χ2n) is 13.8. The summed E-state index contributed by atoms with van der Waals surface area (Å²) in [6.07, 6.45) is 8.06. The number of nitrogens with zero attached hydrogens (tertiary/aromatic N) is 1. The van der Waals surface area contributed by atoms with Gasteiger partial charge in [0.15, 0.2) is 9.84 Å². The summed E-state index contributed by atoms with van der Waals surface area (Å²) in [6.45, 7) is 6.75. The van der Waals surface area contributed by atoms with Crippen LogP contribution in [-0.2, 0) is 38.7 Å². The van der Waals surface area contributed by atoms with E-state index in [1.165, 1.54) is 7.11 Å². The monoisotopic (exact) mass is 1410 g/mol. The summed E-state index contributed by atoms with van der Waals surface area (Å²) in [5.74, 6) is 0.163. The van der Waals surface area contributed by atoms with Gasteiger partial charge in [-0.3, -0.25) is 29.0 Å². The zero-order valence-electron chi connectivity index (χ0n) is 46.2. The molecule has 1 aromatic carbocycles. The zero-order valence-corrected chi connectivity index (χ0v) is 50.0. The number of carboxylic acid groups (broad SMARTS) is 1. The van der Waals surface area contributed by atoms with Crippen molar-refractivity contribution in [1.29, 1.82) is 6.77 Å². The van der Waals surface area contributed by atoms with Gasteiger partial charge in [0, 0.05) is 48.9 Å². The molecule has 4 aliphatic rings. The van der Waals surface area contributed by atoms with Crippen molar-refractivity contribution in [3.8, 4) is 0 Å². The minimum Gasteiger partial charge on any atom is -0.870 e. The number of halogens is 4. The molecule has 0 heterocycles. The summed E-state index contributed by atoms with van der Waals surface area (Å²) < 4.78 is 83.6. The van der Waals surface area contributed by atoms with Crippen molar-refractivity contribution in [2.75, 3.05) is 17.9 Å². The molecule has 0 aliphatic heterocycles. The Morgan fingerprint density at radius 1 is 0.778 bits per heavy atom. The van der Waals surface area contributed by atoms with Crippen molar-refractivity contribution < 1.29 is 107 Å². The van der Waals surface area contributed by atoms with Gasteiger partial charge in [0.2, 0.25) is 1.43 Å². The Balaban J connectivity index is -0.000000117. The minimum atomic E-state index is -3.36. The number of carbonyl (C=O) groups excluding carboxylic acids is 4. The van der Waals surface area contributed by atoms with Gasteiger partial charge in [0.25, 0.3) is 0 Å². The van der Waals surface area contributed by atoms with E-state index in [1.54, 1.807) is 45.0 Å². The number of sulfone groups is 1. The SMILES string of the molecule is C.C.CC(=O)C1CCC(=NCS(=O)(=O)c2ccc(C)cc2)CC1.CC(=O)C1CCC(=O)CC1.CI.[2H]C1([2H])CCC(C(=O)O)CC1.[2H]C1([2H])CCC(C(C)=O)CC1.[2H]OC.[2H][B-]([2H])([2H])[2H].[I][V]([I])[I].[Li+].[Na+].[OH-]. The predicted octanol–water partition coefficient (Wildman–Crippen LogP) is 5.05. The Labute approximate surface area is 482 Å². The van der Waals surface area contributed by atoms with Crippen LogP contribution in [0.3, 0.4) is 0 Å². The maximum absolute atomic E-state index is 12.2. The number of aliphatic carboxylic acids is 1. The van der Waals surface area contributed by atoms with E-state index in [-0.39, 0.29) is 121 Å². The Morgan fingerprint density at radius 2 is 1.08 bits per heavy atom. The number of aliphatic hydroxyl groups excluding tert-OH is 1. The second-order valence-corrected chi connectivity index (χ2v) is 51.1. The molecule has 20 heteroatoms. The van der Waals surface area contributed by atoms with Gasteiger partial charge in [-0.15, -0.1) is 0 Å². The van der Waals surface area contributed by atoms with E-state index in [2.05, 4.69) is 92.6 Å². The van der Waals surface area contributed by atoms with Crippen LogP contribution in [0, 0.1) is 30.6 Å². The topological polar surface area (TPSA) is 202 Å². The van der Waals surface area contributed by atoms with Gasteiger partial charge in [0.05, 0.1) is 10.8 Å². The number of benzene rings is 1. The van der Waals surface area contributed by atoms with Gasteiger partial charge in [-0.25, -0.2) is 13.8 Å². The molecule has 1 aromatic rings. The van der Waals surface area contributed by atoms with Crippen LogP contribution in [-0.4, -0.2) is 91.9 Å². The van der Waals surface area contributed by atoms with Crippen LogP contribution in [0.5, 0.6) is 0 Å². The maximum atomic E-state index is 12.2. The number of aryl methyl sites for hydroxylation is 1. The van der Waals surface area contributed by atoms with E-state index in [1.807, 2.05) is 11.9 Å². The number of aliphatic imine (C=N–C) groups is 1. The van der Waals surface area contributed by atoms with Gasteiger partial charge < -0.3 is 15.7 Å². The third kappa shape index (κ3) is 42.7. The Kier molecular flexibility index (Phi) is 49.0. The number of Topliss-reactive ketones (excluding diaryl/α,β-unsaturated/α-hetero) is 4. The molecule has 4 aliphatic carbocycles. The molecular formula is C43H79BI4LiNNaO10SV. The molecule has 0 unspecified atom stereocenters. The van der Waals surface area contributed by atoms with Crippen molar-refractivity contribution in [1.82, 2.24) is 0 Å². The van der Waals surface area contributed by atoms with E-state index in [4.69, 9.17) is 17.4 Å². The molecule has 0 spiro atoms. The van der Waals surface area contributed by atoms with Gasteiger partial charge >= 0.3 is 119 Å². The third-order valence-electron chi connectivity index (χ3n) is 9.70. The number of aliphatic hydroxyl groups is 1. The Bertz CT molecular complexity index is 1700. The molecule has 0 aromatic heterocycles. The van der Waals surface area contributed by atoms with Crippen molar-refractivity contribution >= 4 is 135 Å². The molecule has 0 amide bonds. The summed E-state index contributed by atoms with van der Waals surface area (Å²) in [6, 6.07) is 6.82. The summed E-state index contributed by atoms with van der Waals surface area (Å²) in [5.41, 5.74) is 1.95. The van der Waals surface area contributed by atoms with E-state index in [9.17, 15) is 32.4 Å². The van der Waals surface area contributed by atoms with Gasteiger partial charge in [-0.05, 0) is 109 Å². The molecule has 4 saturated carbocycles.